The summed E-state index contributed by atoms with van der Waals surface area (Å²) in [6.45, 7) is 9.53. The van der Waals surface area contributed by atoms with Crippen molar-refractivity contribution < 1.29 is 4.79 Å². The van der Waals surface area contributed by atoms with Gasteiger partial charge in [0.05, 0.1) is 6.20 Å². The molecule has 0 saturated carbocycles. The zero-order valence-corrected chi connectivity index (χ0v) is 15.6. The van der Waals surface area contributed by atoms with Crippen LogP contribution in [0.1, 0.15) is 56.7 Å². The Hall–Kier alpha value is -1.36. The summed E-state index contributed by atoms with van der Waals surface area (Å²) in [6, 6.07) is 0. The Bertz CT molecular complexity index is 582. The van der Waals surface area contributed by atoms with Crippen molar-refractivity contribution in [2.45, 2.75) is 58.9 Å². The fourth-order valence-electron chi connectivity index (χ4n) is 4.37. The minimum Gasteiger partial charge on any atom is -0.342 e. The average Bonchev–Trinajstić information content (AvgIpc) is 2.88. The quantitative estimate of drug-likeness (QED) is 0.832. The zero-order valence-electron chi connectivity index (χ0n) is 15.6. The highest BCUT2D eigenvalue weighted by Crippen LogP contribution is 2.39. The van der Waals surface area contributed by atoms with E-state index in [0.29, 0.717) is 11.3 Å². The molecule has 0 N–H and O–H groups in total. The third-order valence-corrected chi connectivity index (χ3v) is 6.00. The van der Waals surface area contributed by atoms with E-state index in [9.17, 15) is 4.79 Å². The topological polar surface area (TPSA) is 41.4 Å². The number of aromatic nitrogens is 2. The lowest BCUT2D eigenvalue weighted by Crippen LogP contribution is -2.53. The number of likely N-dealkylation sites (tertiary alicyclic amines) is 2. The van der Waals surface area contributed by atoms with E-state index in [1.807, 2.05) is 17.9 Å². The molecule has 3 heterocycles. The van der Waals surface area contributed by atoms with Crippen molar-refractivity contribution in [1.82, 2.24) is 19.6 Å². The van der Waals surface area contributed by atoms with Crippen LogP contribution in [0, 0.1) is 12.3 Å². The van der Waals surface area contributed by atoms with Gasteiger partial charge in [0.15, 0.2) is 0 Å². The number of carbonyl (C=O) groups excluding carboxylic acids is 1. The third kappa shape index (κ3) is 3.66. The van der Waals surface area contributed by atoms with Gasteiger partial charge in [-0.05, 0) is 39.2 Å². The van der Waals surface area contributed by atoms with E-state index in [1.165, 1.54) is 30.6 Å². The lowest BCUT2D eigenvalue weighted by atomic mass is 9.73. The number of piperidine rings is 2. The van der Waals surface area contributed by atoms with Crippen LogP contribution in [-0.4, -0.2) is 51.7 Å². The maximum Gasteiger partial charge on any atom is 0.222 e. The number of hydrogen-bond donors (Lipinski definition) is 0. The van der Waals surface area contributed by atoms with Crippen LogP contribution in [0.15, 0.2) is 6.20 Å². The van der Waals surface area contributed by atoms with E-state index in [2.05, 4.69) is 28.7 Å². The SMILES string of the molecule is CCCCN1CC2(CCCN(Cc3cnn(C)c3C)C2)CCC1=O. The van der Waals surface area contributed by atoms with E-state index in [1.54, 1.807) is 0 Å². The average molecular weight is 332 g/mol. The van der Waals surface area contributed by atoms with Crippen LogP contribution >= 0.6 is 0 Å². The van der Waals surface area contributed by atoms with E-state index in [0.717, 1.165) is 51.9 Å². The van der Waals surface area contributed by atoms with Crippen LogP contribution in [0.3, 0.4) is 0 Å². The van der Waals surface area contributed by atoms with Crippen molar-refractivity contribution >= 4 is 5.91 Å². The van der Waals surface area contributed by atoms with Gasteiger partial charge in [-0.2, -0.15) is 5.10 Å². The van der Waals surface area contributed by atoms with Crippen molar-refractivity contribution in [2.75, 3.05) is 26.2 Å². The van der Waals surface area contributed by atoms with Gasteiger partial charge in [0.1, 0.15) is 0 Å². The predicted molar refractivity (Wildman–Crippen MR) is 95.6 cm³/mol. The van der Waals surface area contributed by atoms with E-state index in [4.69, 9.17) is 0 Å². The minimum absolute atomic E-state index is 0.315. The van der Waals surface area contributed by atoms with E-state index < -0.39 is 0 Å². The molecule has 1 aromatic heterocycles. The van der Waals surface area contributed by atoms with E-state index in [-0.39, 0.29) is 0 Å². The Labute approximate surface area is 146 Å². The number of rotatable bonds is 5. The molecule has 2 saturated heterocycles. The molecule has 1 aromatic rings. The number of nitrogens with zero attached hydrogens (tertiary/aromatic N) is 4. The Morgan fingerprint density at radius 3 is 2.83 bits per heavy atom. The molecular formula is C19H32N4O. The Morgan fingerprint density at radius 1 is 1.29 bits per heavy atom. The molecule has 5 heteroatoms. The molecular weight excluding hydrogens is 300 g/mol. The molecule has 2 aliphatic heterocycles. The van der Waals surface area contributed by atoms with Crippen LogP contribution < -0.4 is 0 Å². The van der Waals surface area contributed by atoms with Gasteiger partial charge < -0.3 is 4.90 Å². The fourth-order valence-corrected chi connectivity index (χ4v) is 4.37. The third-order valence-electron chi connectivity index (χ3n) is 6.00. The molecule has 0 aromatic carbocycles. The summed E-state index contributed by atoms with van der Waals surface area (Å²) < 4.78 is 1.96. The van der Waals surface area contributed by atoms with Gasteiger partial charge >= 0.3 is 0 Å². The zero-order chi connectivity index (χ0) is 17.2. The summed E-state index contributed by atoms with van der Waals surface area (Å²) in [7, 11) is 2.01. The van der Waals surface area contributed by atoms with Crippen LogP contribution in [0.4, 0.5) is 0 Å². The second-order valence-corrected chi connectivity index (χ2v) is 7.86. The number of aryl methyl sites for hydroxylation is 1. The van der Waals surface area contributed by atoms with Crippen molar-refractivity contribution in [2.24, 2.45) is 12.5 Å². The lowest BCUT2D eigenvalue weighted by molar-refractivity contribution is -0.139. The largest absolute Gasteiger partial charge is 0.342 e. The van der Waals surface area contributed by atoms with Crippen LogP contribution in [0.2, 0.25) is 0 Å². The molecule has 3 rings (SSSR count). The van der Waals surface area contributed by atoms with Crippen LogP contribution in [0.25, 0.3) is 0 Å². The molecule has 0 aliphatic carbocycles. The van der Waals surface area contributed by atoms with Gasteiger partial charge in [0, 0.05) is 56.3 Å². The van der Waals surface area contributed by atoms with Gasteiger partial charge in [0.25, 0.3) is 0 Å². The van der Waals surface area contributed by atoms with Gasteiger partial charge in [-0.15, -0.1) is 0 Å². The van der Waals surface area contributed by atoms with Gasteiger partial charge in [-0.25, -0.2) is 0 Å². The maximum absolute atomic E-state index is 12.2. The van der Waals surface area contributed by atoms with Gasteiger partial charge in [-0.1, -0.05) is 13.3 Å². The molecule has 1 atom stereocenters. The summed E-state index contributed by atoms with van der Waals surface area (Å²) in [5.41, 5.74) is 2.91. The molecule has 1 amide bonds. The summed E-state index contributed by atoms with van der Waals surface area (Å²) >= 11 is 0. The predicted octanol–water partition coefficient (Wildman–Crippen LogP) is 2.73. The Balaban J connectivity index is 1.65. The van der Waals surface area contributed by atoms with Gasteiger partial charge in [0.2, 0.25) is 5.91 Å². The molecule has 2 aliphatic rings. The summed E-state index contributed by atoms with van der Waals surface area (Å²) in [6.07, 6.45) is 8.61. The Morgan fingerprint density at radius 2 is 2.12 bits per heavy atom. The first-order valence-electron chi connectivity index (χ1n) is 9.50. The molecule has 1 unspecified atom stereocenters. The maximum atomic E-state index is 12.2. The van der Waals surface area contributed by atoms with Crippen molar-refractivity contribution in [3.05, 3.63) is 17.5 Å². The number of amides is 1. The highest BCUT2D eigenvalue weighted by atomic mass is 16.2. The second-order valence-electron chi connectivity index (χ2n) is 7.86. The number of unbranched alkanes of at least 4 members (excludes halogenated alkanes) is 1. The monoisotopic (exact) mass is 332 g/mol. The molecule has 5 nitrogen and oxygen atoms in total. The Kier molecular flexibility index (Phi) is 5.28. The molecule has 2 fully saturated rings. The second kappa shape index (κ2) is 7.26. The molecule has 0 radical (unpaired) electrons. The highest BCUT2D eigenvalue weighted by Gasteiger charge is 2.41. The summed E-state index contributed by atoms with van der Waals surface area (Å²) in [5.74, 6) is 0.370. The number of hydrogen-bond acceptors (Lipinski definition) is 3. The first kappa shape index (κ1) is 17.5. The standard InChI is InChI=1S/C19H32N4O/c1-4-5-11-23-15-19(9-7-18(23)24)8-6-10-22(14-19)13-17-12-20-21(3)16(17)2/h12H,4-11,13-15H2,1-3H3. The molecule has 134 valence electrons. The van der Waals surface area contributed by atoms with E-state index >= 15 is 0 Å². The van der Waals surface area contributed by atoms with Gasteiger partial charge in [-0.3, -0.25) is 14.4 Å². The highest BCUT2D eigenvalue weighted by molar-refractivity contribution is 5.77. The normalized spacial score (nSPS) is 25.6. The minimum atomic E-state index is 0.315. The molecule has 1 spiro atoms. The first-order chi connectivity index (χ1) is 11.5. The molecule has 0 bridgehead atoms. The van der Waals surface area contributed by atoms with Crippen molar-refractivity contribution in [3.63, 3.8) is 0 Å². The number of carbonyl (C=O) groups is 1. The van der Waals surface area contributed by atoms with Crippen LogP contribution in [-0.2, 0) is 18.4 Å². The van der Waals surface area contributed by atoms with Crippen LogP contribution in [0.5, 0.6) is 0 Å². The lowest BCUT2D eigenvalue weighted by Gasteiger charge is -2.48. The van der Waals surface area contributed by atoms with Crippen molar-refractivity contribution in [3.8, 4) is 0 Å². The fraction of sp³-hybridized carbons (Fsp3) is 0.789. The summed E-state index contributed by atoms with van der Waals surface area (Å²) in [5, 5.41) is 4.38. The van der Waals surface area contributed by atoms with Crippen molar-refractivity contribution in [1.29, 1.82) is 0 Å². The smallest absolute Gasteiger partial charge is 0.222 e. The summed E-state index contributed by atoms with van der Waals surface area (Å²) in [4.78, 5) is 17.0. The first-order valence-corrected chi connectivity index (χ1v) is 9.50. The molecule has 24 heavy (non-hydrogen) atoms.